The first-order chi connectivity index (χ1) is 8.79. The van der Waals surface area contributed by atoms with E-state index in [4.69, 9.17) is 10.6 Å². The predicted molar refractivity (Wildman–Crippen MR) is 73.0 cm³/mol. The third-order valence-corrected chi connectivity index (χ3v) is 2.88. The molecule has 94 valence electrons. The first-order valence-electron chi connectivity index (χ1n) is 6.02. The van der Waals surface area contributed by atoms with Crippen LogP contribution in [0.5, 0.6) is 5.75 Å². The normalized spacial score (nSPS) is 12.1. The third kappa shape index (κ3) is 3.32. The van der Waals surface area contributed by atoms with E-state index in [1.807, 2.05) is 49.4 Å². The zero-order valence-electron chi connectivity index (χ0n) is 10.5. The second-order valence-corrected chi connectivity index (χ2v) is 4.23. The summed E-state index contributed by atoms with van der Waals surface area (Å²) < 4.78 is 5.71. The summed E-state index contributed by atoms with van der Waals surface area (Å²) in [5, 5.41) is 0. The summed E-state index contributed by atoms with van der Waals surface area (Å²) in [5.41, 5.74) is 5.03. The zero-order valence-corrected chi connectivity index (χ0v) is 10.5. The van der Waals surface area contributed by atoms with E-state index in [1.54, 1.807) is 0 Å². The Morgan fingerprint density at radius 3 is 2.33 bits per heavy atom. The number of nitrogens with one attached hydrogen (secondary N) is 1. The molecule has 0 amide bonds. The molecule has 1 unspecified atom stereocenters. The lowest BCUT2D eigenvalue weighted by Crippen LogP contribution is -2.25. The van der Waals surface area contributed by atoms with Gasteiger partial charge in [-0.25, -0.2) is 0 Å². The summed E-state index contributed by atoms with van der Waals surface area (Å²) in [5.74, 6) is 6.26. The SMILES string of the molecule is CC(NN)c1ccc(OCc2ccccc2)cc1. The lowest BCUT2D eigenvalue weighted by Gasteiger charge is -2.11. The summed E-state index contributed by atoms with van der Waals surface area (Å²) in [6, 6.07) is 18.2. The molecular weight excluding hydrogens is 224 g/mol. The van der Waals surface area contributed by atoms with Gasteiger partial charge in [-0.05, 0) is 30.2 Å². The number of hydrogen-bond donors (Lipinski definition) is 2. The molecule has 0 spiro atoms. The molecule has 1 atom stereocenters. The molecule has 2 aromatic carbocycles. The Labute approximate surface area is 108 Å². The van der Waals surface area contributed by atoms with Gasteiger partial charge in [0.15, 0.2) is 0 Å². The van der Waals surface area contributed by atoms with Gasteiger partial charge in [0.2, 0.25) is 0 Å². The highest BCUT2D eigenvalue weighted by Gasteiger charge is 2.02. The van der Waals surface area contributed by atoms with Crippen LogP contribution in [-0.4, -0.2) is 0 Å². The first kappa shape index (κ1) is 12.6. The van der Waals surface area contributed by atoms with Crippen LogP contribution in [0, 0.1) is 0 Å². The van der Waals surface area contributed by atoms with Crippen molar-refractivity contribution in [1.82, 2.24) is 5.43 Å². The highest BCUT2D eigenvalue weighted by molar-refractivity contribution is 5.29. The van der Waals surface area contributed by atoms with E-state index in [1.165, 1.54) is 5.56 Å². The number of benzene rings is 2. The molecule has 0 aromatic heterocycles. The van der Waals surface area contributed by atoms with Gasteiger partial charge in [0.1, 0.15) is 12.4 Å². The van der Waals surface area contributed by atoms with Crippen LogP contribution in [0.4, 0.5) is 0 Å². The fourth-order valence-corrected chi connectivity index (χ4v) is 1.69. The maximum atomic E-state index is 5.71. The second kappa shape index (κ2) is 6.19. The fraction of sp³-hybridized carbons (Fsp3) is 0.200. The van der Waals surface area contributed by atoms with Crippen molar-refractivity contribution >= 4 is 0 Å². The van der Waals surface area contributed by atoms with Gasteiger partial charge in [0.05, 0.1) is 0 Å². The van der Waals surface area contributed by atoms with Crippen LogP contribution < -0.4 is 16.0 Å². The van der Waals surface area contributed by atoms with Crippen molar-refractivity contribution in [3.63, 3.8) is 0 Å². The zero-order chi connectivity index (χ0) is 12.8. The van der Waals surface area contributed by atoms with Crippen LogP contribution in [0.2, 0.25) is 0 Å². The molecule has 0 saturated carbocycles. The Hall–Kier alpha value is -1.84. The van der Waals surface area contributed by atoms with Gasteiger partial charge in [-0.3, -0.25) is 11.3 Å². The van der Waals surface area contributed by atoms with Crippen molar-refractivity contribution in [3.8, 4) is 5.75 Å². The van der Waals surface area contributed by atoms with E-state index >= 15 is 0 Å². The van der Waals surface area contributed by atoms with E-state index in [9.17, 15) is 0 Å². The molecule has 0 fully saturated rings. The molecule has 18 heavy (non-hydrogen) atoms. The highest BCUT2D eigenvalue weighted by Crippen LogP contribution is 2.18. The minimum absolute atomic E-state index is 0.146. The van der Waals surface area contributed by atoms with Crippen LogP contribution in [0.3, 0.4) is 0 Å². The van der Waals surface area contributed by atoms with Gasteiger partial charge in [-0.15, -0.1) is 0 Å². The molecular formula is C15H18N2O. The van der Waals surface area contributed by atoms with Crippen LogP contribution in [-0.2, 0) is 6.61 Å². The molecule has 0 radical (unpaired) electrons. The summed E-state index contributed by atoms with van der Waals surface area (Å²) in [7, 11) is 0. The molecule has 0 saturated heterocycles. The van der Waals surface area contributed by atoms with Crippen molar-refractivity contribution < 1.29 is 4.74 Å². The summed E-state index contributed by atoms with van der Waals surface area (Å²) >= 11 is 0. The largest absolute Gasteiger partial charge is 0.489 e. The number of ether oxygens (including phenoxy) is 1. The van der Waals surface area contributed by atoms with Crippen LogP contribution in [0.15, 0.2) is 54.6 Å². The molecule has 0 heterocycles. The quantitative estimate of drug-likeness (QED) is 0.626. The lowest BCUT2D eigenvalue weighted by atomic mass is 10.1. The van der Waals surface area contributed by atoms with Gasteiger partial charge < -0.3 is 4.74 Å². The maximum Gasteiger partial charge on any atom is 0.119 e. The standard InChI is InChI=1S/C15H18N2O/c1-12(17-16)14-7-9-15(10-8-14)18-11-13-5-3-2-4-6-13/h2-10,12,17H,11,16H2,1H3. The summed E-state index contributed by atoms with van der Waals surface area (Å²) in [6.45, 7) is 2.60. The third-order valence-electron chi connectivity index (χ3n) is 2.88. The lowest BCUT2D eigenvalue weighted by molar-refractivity contribution is 0.306. The Morgan fingerprint density at radius 1 is 1.06 bits per heavy atom. The van der Waals surface area contributed by atoms with Gasteiger partial charge >= 0.3 is 0 Å². The Kier molecular flexibility index (Phi) is 4.34. The van der Waals surface area contributed by atoms with Crippen molar-refractivity contribution in [1.29, 1.82) is 0 Å². The minimum atomic E-state index is 0.146. The van der Waals surface area contributed by atoms with E-state index in [0.29, 0.717) is 6.61 Å². The second-order valence-electron chi connectivity index (χ2n) is 4.23. The Morgan fingerprint density at radius 2 is 1.72 bits per heavy atom. The van der Waals surface area contributed by atoms with Crippen molar-refractivity contribution in [2.75, 3.05) is 0 Å². The van der Waals surface area contributed by atoms with Gasteiger partial charge in [-0.1, -0.05) is 42.5 Å². The molecule has 3 nitrogen and oxygen atoms in total. The molecule has 0 bridgehead atoms. The van der Waals surface area contributed by atoms with Crippen molar-refractivity contribution in [2.45, 2.75) is 19.6 Å². The number of hydrazine groups is 1. The molecule has 2 rings (SSSR count). The van der Waals surface area contributed by atoms with E-state index < -0.39 is 0 Å². The van der Waals surface area contributed by atoms with E-state index in [-0.39, 0.29) is 6.04 Å². The maximum absolute atomic E-state index is 5.71. The topological polar surface area (TPSA) is 47.3 Å². The molecule has 0 aliphatic rings. The highest BCUT2D eigenvalue weighted by atomic mass is 16.5. The van der Waals surface area contributed by atoms with E-state index in [0.717, 1.165) is 11.3 Å². The Bertz CT molecular complexity index is 468. The summed E-state index contributed by atoms with van der Waals surface area (Å²) in [6.07, 6.45) is 0. The van der Waals surface area contributed by atoms with Gasteiger partial charge in [-0.2, -0.15) is 0 Å². The fourth-order valence-electron chi connectivity index (χ4n) is 1.69. The van der Waals surface area contributed by atoms with Gasteiger partial charge in [0.25, 0.3) is 0 Å². The van der Waals surface area contributed by atoms with Crippen molar-refractivity contribution in [2.24, 2.45) is 5.84 Å². The number of rotatable bonds is 5. The van der Waals surface area contributed by atoms with Crippen LogP contribution in [0.25, 0.3) is 0 Å². The average Bonchev–Trinajstić information content (AvgIpc) is 2.46. The minimum Gasteiger partial charge on any atom is -0.489 e. The monoisotopic (exact) mass is 242 g/mol. The van der Waals surface area contributed by atoms with Gasteiger partial charge in [0, 0.05) is 6.04 Å². The molecule has 0 aliphatic carbocycles. The Balaban J connectivity index is 1.94. The predicted octanol–water partition coefficient (Wildman–Crippen LogP) is 2.79. The number of hydrogen-bond acceptors (Lipinski definition) is 3. The molecule has 3 N–H and O–H groups in total. The number of nitrogens with two attached hydrogens (primary N) is 1. The van der Waals surface area contributed by atoms with Crippen LogP contribution >= 0.6 is 0 Å². The summed E-state index contributed by atoms with van der Waals surface area (Å²) in [4.78, 5) is 0. The molecule has 3 heteroatoms. The smallest absolute Gasteiger partial charge is 0.119 e. The molecule has 2 aromatic rings. The average molecular weight is 242 g/mol. The van der Waals surface area contributed by atoms with E-state index in [2.05, 4.69) is 17.6 Å². The van der Waals surface area contributed by atoms with Crippen molar-refractivity contribution in [3.05, 3.63) is 65.7 Å². The molecule has 0 aliphatic heterocycles. The van der Waals surface area contributed by atoms with Crippen LogP contribution in [0.1, 0.15) is 24.1 Å². The first-order valence-corrected chi connectivity index (χ1v) is 6.02.